The van der Waals surface area contributed by atoms with E-state index in [0.717, 1.165) is 28.7 Å². The van der Waals surface area contributed by atoms with Gasteiger partial charge in [0.1, 0.15) is 12.6 Å². The number of hydrogen-bond donors (Lipinski definition) is 2. The van der Waals surface area contributed by atoms with Crippen LogP contribution in [0.2, 0.25) is 0 Å². The van der Waals surface area contributed by atoms with Crippen molar-refractivity contribution in [1.82, 2.24) is 10.2 Å². The molecule has 7 nitrogen and oxygen atoms in total. The Bertz CT molecular complexity index is 1050. The fourth-order valence-corrected chi connectivity index (χ4v) is 5.90. The fraction of sp³-hybridized carbons (Fsp3) is 0.423. The van der Waals surface area contributed by atoms with Gasteiger partial charge in [0, 0.05) is 18.0 Å². The number of hydrogen-bond acceptors (Lipinski definition) is 4. The van der Waals surface area contributed by atoms with Gasteiger partial charge in [0.05, 0.1) is 5.92 Å². The van der Waals surface area contributed by atoms with Crippen molar-refractivity contribution < 1.29 is 24.2 Å². The molecule has 3 aliphatic rings. The highest BCUT2D eigenvalue weighted by atomic mass is 16.5. The average Bonchev–Trinajstić information content (AvgIpc) is 3.50. The van der Waals surface area contributed by atoms with Crippen molar-refractivity contribution in [2.45, 2.75) is 56.7 Å². The number of fused-ring (bicyclic) bond motifs is 5. The molecule has 2 amide bonds. The molecule has 0 unspecified atom stereocenters. The summed E-state index contributed by atoms with van der Waals surface area (Å²) < 4.78 is 5.60. The highest BCUT2D eigenvalue weighted by Gasteiger charge is 2.52. The smallest absolute Gasteiger partial charge is 0.407 e. The van der Waals surface area contributed by atoms with Gasteiger partial charge in [0.2, 0.25) is 5.91 Å². The molecule has 2 saturated heterocycles. The Hall–Kier alpha value is -3.35. The van der Waals surface area contributed by atoms with E-state index in [2.05, 4.69) is 29.6 Å². The number of carboxylic acid groups (broad SMARTS) is 1. The summed E-state index contributed by atoms with van der Waals surface area (Å²) in [5.74, 6) is -1.62. The van der Waals surface area contributed by atoms with Crippen molar-refractivity contribution in [1.29, 1.82) is 0 Å². The molecule has 2 heterocycles. The van der Waals surface area contributed by atoms with Gasteiger partial charge >= 0.3 is 12.1 Å². The molecule has 2 aromatic rings. The lowest BCUT2D eigenvalue weighted by molar-refractivity contribution is -0.143. The van der Waals surface area contributed by atoms with Crippen molar-refractivity contribution in [2.75, 3.05) is 6.61 Å². The van der Waals surface area contributed by atoms with E-state index in [0.29, 0.717) is 19.3 Å². The SMILES string of the molecule is CC[C@H](NC(=O)OCC1c2ccccc2-c2ccccc21)C(=O)N1[C@@H]2CC[C@H]1[C@@H](C(=O)O)C2. The van der Waals surface area contributed by atoms with Crippen LogP contribution >= 0.6 is 0 Å². The lowest BCUT2D eigenvalue weighted by Gasteiger charge is -2.28. The molecule has 4 atom stereocenters. The summed E-state index contributed by atoms with van der Waals surface area (Å²) in [7, 11) is 0. The van der Waals surface area contributed by atoms with E-state index < -0.39 is 24.0 Å². The van der Waals surface area contributed by atoms with Crippen molar-refractivity contribution in [3.05, 3.63) is 59.7 Å². The van der Waals surface area contributed by atoms with E-state index in [1.54, 1.807) is 4.90 Å². The molecule has 172 valence electrons. The minimum Gasteiger partial charge on any atom is -0.481 e. The number of ether oxygens (including phenoxy) is 1. The normalized spacial score (nSPS) is 23.7. The van der Waals surface area contributed by atoms with Crippen molar-refractivity contribution in [3.63, 3.8) is 0 Å². The summed E-state index contributed by atoms with van der Waals surface area (Å²) in [6, 6.07) is 15.2. The predicted octanol–water partition coefficient (Wildman–Crippen LogP) is 3.77. The Morgan fingerprint density at radius 3 is 2.27 bits per heavy atom. The second-order valence-electron chi connectivity index (χ2n) is 9.16. The number of rotatable bonds is 6. The third kappa shape index (κ3) is 3.65. The number of carbonyl (C=O) groups is 3. The summed E-state index contributed by atoms with van der Waals surface area (Å²) in [5, 5.41) is 12.2. The van der Waals surface area contributed by atoms with Crippen LogP contribution in [0.3, 0.4) is 0 Å². The fourth-order valence-electron chi connectivity index (χ4n) is 5.90. The van der Waals surface area contributed by atoms with Crippen LogP contribution in [-0.4, -0.2) is 52.7 Å². The van der Waals surface area contributed by atoms with E-state index in [4.69, 9.17) is 4.74 Å². The Labute approximate surface area is 192 Å². The van der Waals surface area contributed by atoms with Gasteiger partial charge in [-0.25, -0.2) is 4.79 Å². The Morgan fingerprint density at radius 2 is 1.70 bits per heavy atom. The molecule has 0 saturated carbocycles. The number of alkyl carbamates (subject to hydrolysis) is 1. The molecule has 0 spiro atoms. The first kappa shape index (κ1) is 21.5. The van der Waals surface area contributed by atoms with Gasteiger partial charge in [0.25, 0.3) is 0 Å². The third-order valence-electron chi connectivity index (χ3n) is 7.45. The molecule has 2 fully saturated rings. The van der Waals surface area contributed by atoms with Crippen LogP contribution in [0.25, 0.3) is 11.1 Å². The molecule has 5 rings (SSSR count). The summed E-state index contributed by atoms with van der Waals surface area (Å²) in [4.78, 5) is 39.1. The van der Waals surface area contributed by atoms with Crippen molar-refractivity contribution in [3.8, 4) is 11.1 Å². The second-order valence-corrected chi connectivity index (χ2v) is 9.16. The summed E-state index contributed by atoms with van der Waals surface area (Å²) >= 11 is 0. The molecule has 0 aromatic heterocycles. The number of benzene rings is 2. The largest absolute Gasteiger partial charge is 0.481 e. The van der Waals surface area contributed by atoms with Crippen LogP contribution < -0.4 is 5.32 Å². The van der Waals surface area contributed by atoms with E-state index in [9.17, 15) is 19.5 Å². The minimum absolute atomic E-state index is 0.0512. The first-order chi connectivity index (χ1) is 16.0. The van der Waals surface area contributed by atoms with E-state index in [1.807, 2.05) is 31.2 Å². The van der Waals surface area contributed by atoms with Gasteiger partial charge < -0.3 is 20.1 Å². The van der Waals surface area contributed by atoms with Gasteiger partial charge in [-0.15, -0.1) is 0 Å². The monoisotopic (exact) mass is 448 g/mol. The molecule has 2 aromatic carbocycles. The lowest BCUT2D eigenvalue weighted by atomic mass is 9.89. The number of nitrogens with one attached hydrogen (secondary N) is 1. The maximum absolute atomic E-state index is 13.2. The Kier molecular flexibility index (Phi) is 5.56. The highest BCUT2D eigenvalue weighted by molar-refractivity contribution is 5.88. The molecule has 2 N–H and O–H groups in total. The van der Waals surface area contributed by atoms with Crippen LogP contribution in [0.5, 0.6) is 0 Å². The van der Waals surface area contributed by atoms with E-state index in [1.165, 1.54) is 0 Å². The summed E-state index contributed by atoms with van der Waals surface area (Å²) in [6.07, 6.45) is 1.80. The number of carbonyl (C=O) groups excluding carboxylic acids is 2. The summed E-state index contributed by atoms with van der Waals surface area (Å²) in [6.45, 7) is 2.01. The molecule has 7 heteroatoms. The maximum Gasteiger partial charge on any atom is 0.407 e. The zero-order valence-corrected chi connectivity index (χ0v) is 18.6. The second kappa shape index (κ2) is 8.54. The zero-order valence-electron chi connectivity index (χ0n) is 18.6. The minimum atomic E-state index is -0.849. The van der Waals surface area contributed by atoms with Crippen LogP contribution in [0.15, 0.2) is 48.5 Å². The number of carboxylic acids is 1. The maximum atomic E-state index is 13.2. The van der Waals surface area contributed by atoms with E-state index in [-0.39, 0.29) is 30.5 Å². The number of aliphatic carboxylic acids is 1. The predicted molar refractivity (Wildman–Crippen MR) is 122 cm³/mol. The molecule has 2 bridgehead atoms. The number of amides is 2. The highest BCUT2D eigenvalue weighted by Crippen LogP contribution is 2.45. The third-order valence-corrected chi connectivity index (χ3v) is 7.45. The van der Waals surface area contributed by atoms with Gasteiger partial charge in [-0.3, -0.25) is 9.59 Å². The first-order valence-corrected chi connectivity index (χ1v) is 11.7. The molecular weight excluding hydrogens is 420 g/mol. The van der Waals surface area contributed by atoms with Gasteiger partial charge in [0.15, 0.2) is 0 Å². The standard InChI is InChI=1S/C26H28N2O5/c1-2-22(24(29)28-15-11-12-23(28)20(13-15)25(30)31)27-26(32)33-14-21-18-9-5-3-7-16(18)17-8-4-6-10-19(17)21/h3-10,15,20-23H,2,11-14H2,1H3,(H,27,32)(H,30,31)/t15-,20+,22+,23+/m1/s1. The van der Waals surface area contributed by atoms with Crippen LogP contribution in [0.4, 0.5) is 4.79 Å². The summed E-state index contributed by atoms with van der Waals surface area (Å²) in [5.41, 5.74) is 4.56. The van der Waals surface area contributed by atoms with Gasteiger partial charge in [-0.1, -0.05) is 55.5 Å². The Morgan fingerprint density at radius 1 is 1.06 bits per heavy atom. The molecule has 0 radical (unpaired) electrons. The van der Waals surface area contributed by atoms with Gasteiger partial charge in [-0.05, 0) is 47.9 Å². The van der Waals surface area contributed by atoms with Crippen LogP contribution in [-0.2, 0) is 14.3 Å². The quantitative estimate of drug-likeness (QED) is 0.701. The van der Waals surface area contributed by atoms with Crippen molar-refractivity contribution >= 4 is 18.0 Å². The van der Waals surface area contributed by atoms with Crippen molar-refractivity contribution in [2.24, 2.45) is 5.92 Å². The molecule has 33 heavy (non-hydrogen) atoms. The Balaban J connectivity index is 1.24. The zero-order chi connectivity index (χ0) is 23.1. The average molecular weight is 449 g/mol. The molecule has 2 aliphatic heterocycles. The van der Waals surface area contributed by atoms with Crippen LogP contribution in [0.1, 0.15) is 49.7 Å². The molecular formula is C26H28N2O5. The van der Waals surface area contributed by atoms with Gasteiger partial charge in [-0.2, -0.15) is 0 Å². The lowest BCUT2D eigenvalue weighted by Crippen LogP contribution is -2.50. The molecule has 1 aliphatic carbocycles. The topological polar surface area (TPSA) is 95.9 Å². The van der Waals surface area contributed by atoms with E-state index >= 15 is 0 Å². The number of nitrogens with zero attached hydrogens (tertiary/aromatic N) is 1. The van der Waals surface area contributed by atoms with Crippen LogP contribution in [0, 0.1) is 5.92 Å². The first-order valence-electron chi connectivity index (χ1n) is 11.7.